The molecule has 0 amide bonds. The summed E-state index contributed by atoms with van der Waals surface area (Å²) in [5.74, 6) is 0.218. The molecule has 1 saturated heterocycles. The quantitative estimate of drug-likeness (QED) is 0.695. The monoisotopic (exact) mass is 363 g/mol. The first-order chi connectivity index (χ1) is 11.8. The molecule has 1 aliphatic heterocycles. The molecular weight excluding hydrogens is 341 g/mol. The second-order valence-electron chi connectivity index (χ2n) is 6.41. The van der Waals surface area contributed by atoms with Gasteiger partial charge in [0, 0.05) is 13.1 Å². The number of alkyl halides is 1. The van der Waals surface area contributed by atoms with Crippen LogP contribution in [0.2, 0.25) is 0 Å². The molecule has 1 aromatic carbocycles. The molecule has 3 heterocycles. The van der Waals surface area contributed by atoms with E-state index in [9.17, 15) is 9.50 Å². The molecule has 1 aliphatic rings. The molecule has 0 radical (unpaired) electrons. The van der Waals surface area contributed by atoms with Crippen LogP contribution in [0, 0.1) is 13.8 Å². The zero-order valence-corrected chi connectivity index (χ0v) is 15.3. The van der Waals surface area contributed by atoms with E-state index in [1.807, 2.05) is 38.1 Å². The van der Waals surface area contributed by atoms with Gasteiger partial charge < -0.3 is 15.7 Å². The summed E-state index contributed by atoms with van der Waals surface area (Å²) >= 11 is 1.38. The lowest BCUT2D eigenvalue weighted by molar-refractivity contribution is 0.321. The average molecular weight is 363 g/mol. The summed E-state index contributed by atoms with van der Waals surface area (Å²) in [7, 11) is 1.94. The number of hydrogen-bond acceptors (Lipinski definition) is 6. The molecular formula is C17H22FN5OS. The number of benzene rings is 1. The first-order valence-corrected chi connectivity index (χ1v) is 8.90. The highest BCUT2D eigenvalue weighted by Gasteiger charge is 2.17. The third kappa shape index (κ3) is 3.91. The van der Waals surface area contributed by atoms with Crippen LogP contribution in [0.25, 0.3) is 16.0 Å². The van der Waals surface area contributed by atoms with E-state index in [2.05, 4.69) is 10.1 Å². The maximum absolute atomic E-state index is 12.1. The highest BCUT2D eigenvalue weighted by molar-refractivity contribution is 7.21. The summed E-state index contributed by atoms with van der Waals surface area (Å²) in [5.41, 5.74) is 8.89. The lowest BCUT2D eigenvalue weighted by Crippen LogP contribution is -2.13. The highest BCUT2D eigenvalue weighted by Crippen LogP contribution is 2.30. The second-order valence-corrected chi connectivity index (χ2v) is 7.47. The molecule has 134 valence electrons. The van der Waals surface area contributed by atoms with Crippen LogP contribution in [0.4, 0.5) is 9.52 Å². The number of phenols is 1. The smallest absolute Gasteiger partial charge is 0.194 e. The molecule has 25 heavy (non-hydrogen) atoms. The standard InChI is InChI=1S/C12H12N4OS.C5H10FN/c1-6-3-7(2)10(8(17)4-6)16-5-9-11(15-16)14-12(13)18-9;1-7-3-2-5(6)4-7/h3-5,17H,1-2H3,(H2,13,14,15);5H,2-4H2,1H3/t;5-/m.1/s1. The van der Waals surface area contributed by atoms with Crippen molar-refractivity contribution in [2.24, 2.45) is 0 Å². The predicted octanol–water partition coefficient (Wildman–Crippen LogP) is 3.05. The van der Waals surface area contributed by atoms with Crippen LogP contribution in [0.3, 0.4) is 0 Å². The Balaban J connectivity index is 0.000000219. The summed E-state index contributed by atoms with van der Waals surface area (Å²) < 4.78 is 14.7. The van der Waals surface area contributed by atoms with E-state index in [4.69, 9.17) is 5.73 Å². The molecule has 0 bridgehead atoms. The minimum absolute atomic E-state index is 0.218. The number of nitrogens with two attached hydrogens (primary N) is 1. The molecule has 1 atom stereocenters. The van der Waals surface area contributed by atoms with Gasteiger partial charge in [0.1, 0.15) is 17.6 Å². The second kappa shape index (κ2) is 6.97. The molecule has 0 spiro atoms. The summed E-state index contributed by atoms with van der Waals surface area (Å²) in [6, 6.07) is 3.73. The Hall–Kier alpha value is -2.19. The van der Waals surface area contributed by atoms with Crippen molar-refractivity contribution in [2.75, 3.05) is 25.9 Å². The number of aromatic hydroxyl groups is 1. The van der Waals surface area contributed by atoms with E-state index in [-0.39, 0.29) is 5.75 Å². The van der Waals surface area contributed by atoms with Crippen molar-refractivity contribution in [1.82, 2.24) is 19.7 Å². The lowest BCUT2D eigenvalue weighted by Gasteiger charge is -2.09. The van der Waals surface area contributed by atoms with Crippen molar-refractivity contribution in [3.8, 4) is 11.4 Å². The van der Waals surface area contributed by atoms with Gasteiger partial charge in [-0.2, -0.15) is 4.98 Å². The molecule has 3 N–H and O–H groups in total. The number of rotatable bonds is 1. The molecule has 0 saturated carbocycles. The summed E-state index contributed by atoms with van der Waals surface area (Å²) in [4.78, 5) is 6.12. The number of halogens is 1. The molecule has 2 aromatic heterocycles. The fourth-order valence-electron chi connectivity index (χ4n) is 2.97. The van der Waals surface area contributed by atoms with E-state index < -0.39 is 6.17 Å². The van der Waals surface area contributed by atoms with Gasteiger partial charge in [-0.15, -0.1) is 5.10 Å². The molecule has 6 nitrogen and oxygen atoms in total. The van der Waals surface area contributed by atoms with Gasteiger partial charge in [0.15, 0.2) is 10.8 Å². The van der Waals surface area contributed by atoms with Crippen LogP contribution < -0.4 is 5.73 Å². The number of thiazole rings is 1. The van der Waals surface area contributed by atoms with Gasteiger partial charge in [-0.05, 0) is 44.5 Å². The van der Waals surface area contributed by atoms with Gasteiger partial charge in [-0.25, -0.2) is 9.07 Å². The summed E-state index contributed by atoms with van der Waals surface area (Å²) in [6.07, 6.45) is 2.02. The average Bonchev–Trinajstić information content (AvgIpc) is 3.13. The van der Waals surface area contributed by atoms with Crippen molar-refractivity contribution in [3.63, 3.8) is 0 Å². The van der Waals surface area contributed by atoms with Crippen molar-refractivity contribution < 1.29 is 9.50 Å². The Kier molecular flexibility index (Phi) is 4.91. The number of aryl methyl sites for hydroxylation is 2. The molecule has 4 rings (SSSR count). The number of hydrogen-bond donors (Lipinski definition) is 2. The lowest BCUT2D eigenvalue weighted by atomic mass is 10.1. The number of aromatic nitrogens is 3. The fourth-order valence-corrected chi connectivity index (χ4v) is 3.66. The van der Waals surface area contributed by atoms with E-state index in [0.717, 1.165) is 28.8 Å². The maximum Gasteiger partial charge on any atom is 0.194 e. The van der Waals surface area contributed by atoms with Gasteiger partial charge in [0.05, 0.1) is 10.9 Å². The van der Waals surface area contributed by atoms with Crippen LogP contribution in [-0.2, 0) is 0 Å². The first-order valence-electron chi connectivity index (χ1n) is 8.08. The number of nitrogens with zero attached hydrogens (tertiary/aromatic N) is 4. The summed E-state index contributed by atoms with van der Waals surface area (Å²) in [6.45, 7) is 5.46. The Bertz CT molecular complexity index is 828. The Morgan fingerprint density at radius 2 is 2.12 bits per heavy atom. The summed E-state index contributed by atoms with van der Waals surface area (Å²) in [5, 5.41) is 14.9. The topological polar surface area (TPSA) is 80.2 Å². The normalized spacial score (nSPS) is 17.7. The third-order valence-corrected chi connectivity index (χ3v) is 4.89. The van der Waals surface area contributed by atoms with Gasteiger partial charge >= 0.3 is 0 Å². The Morgan fingerprint density at radius 1 is 1.36 bits per heavy atom. The van der Waals surface area contributed by atoms with Crippen LogP contribution in [0.15, 0.2) is 18.3 Å². The van der Waals surface area contributed by atoms with E-state index >= 15 is 0 Å². The molecule has 0 unspecified atom stereocenters. The molecule has 0 aliphatic carbocycles. The number of anilines is 1. The largest absolute Gasteiger partial charge is 0.506 e. The van der Waals surface area contributed by atoms with Gasteiger partial charge in [-0.3, -0.25) is 0 Å². The number of nitrogen functional groups attached to an aromatic ring is 1. The van der Waals surface area contributed by atoms with Gasteiger partial charge in [0.25, 0.3) is 0 Å². The van der Waals surface area contributed by atoms with Crippen LogP contribution in [0.5, 0.6) is 5.75 Å². The molecule has 3 aromatic rings. The van der Waals surface area contributed by atoms with E-state index in [0.29, 0.717) is 23.0 Å². The van der Waals surface area contributed by atoms with Gasteiger partial charge in [-0.1, -0.05) is 17.4 Å². The van der Waals surface area contributed by atoms with Crippen molar-refractivity contribution >= 4 is 26.8 Å². The van der Waals surface area contributed by atoms with Crippen LogP contribution in [-0.4, -0.2) is 51.1 Å². The first kappa shape index (κ1) is 17.6. The minimum Gasteiger partial charge on any atom is -0.506 e. The number of fused-ring (bicyclic) bond motifs is 1. The Morgan fingerprint density at radius 3 is 2.64 bits per heavy atom. The van der Waals surface area contributed by atoms with Crippen molar-refractivity contribution in [1.29, 1.82) is 0 Å². The highest BCUT2D eigenvalue weighted by atomic mass is 32.1. The van der Waals surface area contributed by atoms with Crippen LogP contribution in [0.1, 0.15) is 17.5 Å². The van der Waals surface area contributed by atoms with E-state index in [1.54, 1.807) is 10.7 Å². The predicted molar refractivity (Wildman–Crippen MR) is 99.3 cm³/mol. The Labute approximate surface area is 149 Å². The van der Waals surface area contributed by atoms with E-state index in [1.165, 1.54) is 11.3 Å². The third-order valence-electron chi connectivity index (χ3n) is 4.08. The zero-order valence-electron chi connectivity index (χ0n) is 14.5. The van der Waals surface area contributed by atoms with Crippen molar-refractivity contribution in [2.45, 2.75) is 26.4 Å². The van der Waals surface area contributed by atoms with Crippen LogP contribution >= 0.6 is 11.3 Å². The van der Waals surface area contributed by atoms with Gasteiger partial charge in [0.2, 0.25) is 0 Å². The fraction of sp³-hybridized carbons (Fsp3) is 0.412. The number of phenolic OH excluding ortho intramolecular Hbond substituents is 1. The SMILES string of the molecule is CN1CC[C@@H](F)C1.Cc1cc(C)c(-n2cc3sc(N)nc3n2)c(O)c1. The maximum atomic E-state index is 12.1. The molecule has 1 fully saturated rings. The minimum atomic E-state index is -0.551. The zero-order chi connectivity index (χ0) is 18.1. The number of likely N-dealkylation sites (tertiary alicyclic amines) is 1. The molecule has 8 heteroatoms. The van der Waals surface area contributed by atoms with Crippen molar-refractivity contribution in [3.05, 3.63) is 29.5 Å².